The normalized spacial score (nSPS) is 40.2. The first kappa shape index (κ1) is 23.8. The van der Waals surface area contributed by atoms with E-state index in [9.17, 15) is 24.6 Å². The van der Waals surface area contributed by atoms with Crippen LogP contribution in [0.15, 0.2) is 23.0 Å². The van der Waals surface area contributed by atoms with Crippen LogP contribution in [0.3, 0.4) is 0 Å². The molecule has 9 nitrogen and oxygen atoms in total. The SMILES string of the molecule is CC(=O)OC[C@@]12[C@@H](OC(C)=O)C[C@@H](C)[C@]3(C[C@H](c4ccoc4)OC3=O)[C@H]1CCC[C@]2(O)CO. The summed E-state index contributed by atoms with van der Waals surface area (Å²) in [4.78, 5) is 37.6. The number of rotatable bonds is 5. The monoisotopic (exact) mass is 464 g/mol. The van der Waals surface area contributed by atoms with Gasteiger partial charge in [0.15, 0.2) is 0 Å². The van der Waals surface area contributed by atoms with Crippen molar-refractivity contribution in [2.75, 3.05) is 13.2 Å². The zero-order chi connectivity index (χ0) is 24.0. The van der Waals surface area contributed by atoms with Crippen LogP contribution in [0.25, 0.3) is 0 Å². The van der Waals surface area contributed by atoms with Crippen molar-refractivity contribution < 1.29 is 43.2 Å². The van der Waals surface area contributed by atoms with Gasteiger partial charge in [0.05, 0.1) is 30.0 Å². The second-order valence-electron chi connectivity index (χ2n) is 9.89. The Labute approximate surface area is 192 Å². The highest BCUT2D eigenvalue weighted by molar-refractivity contribution is 5.81. The summed E-state index contributed by atoms with van der Waals surface area (Å²) in [6.07, 6.45) is 3.61. The second kappa shape index (κ2) is 8.43. The van der Waals surface area contributed by atoms with E-state index in [0.29, 0.717) is 19.3 Å². The third kappa shape index (κ3) is 3.47. The molecule has 9 heteroatoms. The van der Waals surface area contributed by atoms with E-state index in [2.05, 4.69) is 0 Å². The molecule has 4 rings (SSSR count). The second-order valence-corrected chi connectivity index (χ2v) is 9.89. The molecule has 1 spiro atoms. The Morgan fingerprint density at radius 3 is 2.64 bits per heavy atom. The van der Waals surface area contributed by atoms with Crippen LogP contribution >= 0.6 is 0 Å². The Bertz CT molecular complexity index is 911. The van der Waals surface area contributed by atoms with Crippen molar-refractivity contribution in [3.05, 3.63) is 24.2 Å². The van der Waals surface area contributed by atoms with E-state index in [0.717, 1.165) is 5.56 Å². The smallest absolute Gasteiger partial charge is 0.313 e. The van der Waals surface area contributed by atoms with Gasteiger partial charge < -0.3 is 28.8 Å². The molecule has 2 heterocycles. The summed E-state index contributed by atoms with van der Waals surface area (Å²) >= 11 is 0. The number of carbonyl (C=O) groups excluding carboxylic acids is 3. The molecular formula is C24H32O9. The molecule has 1 aliphatic heterocycles. The van der Waals surface area contributed by atoms with Crippen LogP contribution in [0, 0.1) is 22.7 Å². The van der Waals surface area contributed by atoms with Gasteiger partial charge in [0.2, 0.25) is 0 Å². The van der Waals surface area contributed by atoms with Gasteiger partial charge in [-0.15, -0.1) is 0 Å². The first-order chi connectivity index (χ1) is 15.6. The first-order valence-electron chi connectivity index (χ1n) is 11.5. The summed E-state index contributed by atoms with van der Waals surface area (Å²) in [5, 5.41) is 22.2. The Hall–Kier alpha value is -2.39. The fraction of sp³-hybridized carbons (Fsp3) is 0.708. The fourth-order valence-corrected chi connectivity index (χ4v) is 6.87. The minimum absolute atomic E-state index is 0.226. The van der Waals surface area contributed by atoms with Gasteiger partial charge in [-0.3, -0.25) is 14.4 Å². The molecule has 2 N–H and O–H groups in total. The van der Waals surface area contributed by atoms with Crippen LogP contribution in [-0.2, 0) is 28.6 Å². The predicted octanol–water partition coefficient (Wildman–Crippen LogP) is 2.30. The van der Waals surface area contributed by atoms with Gasteiger partial charge in [-0.2, -0.15) is 0 Å². The van der Waals surface area contributed by atoms with E-state index in [-0.39, 0.29) is 31.3 Å². The number of furan rings is 1. The number of ether oxygens (including phenoxy) is 3. The van der Waals surface area contributed by atoms with Gasteiger partial charge in [0.25, 0.3) is 0 Å². The third-order valence-electron chi connectivity index (χ3n) is 8.37. The minimum Gasteiger partial charge on any atom is -0.472 e. The van der Waals surface area contributed by atoms with Crippen LogP contribution in [0.1, 0.15) is 64.5 Å². The number of aliphatic hydroxyl groups excluding tert-OH is 1. The van der Waals surface area contributed by atoms with Gasteiger partial charge in [-0.25, -0.2) is 0 Å². The lowest BCUT2D eigenvalue weighted by Gasteiger charge is -2.64. The number of carbonyl (C=O) groups is 3. The summed E-state index contributed by atoms with van der Waals surface area (Å²) in [5.41, 5.74) is -3.35. The van der Waals surface area contributed by atoms with Crippen molar-refractivity contribution in [1.82, 2.24) is 0 Å². The molecule has 3 fully saturated rings. The van der Waals surface area contributed by atoms with Gasteiger partial charge in [-0.1, -0.05) is 13.3 Å². The molecule has 182 valence electrons. The molecular weight excluding hydrogens is 432 g/mol. The number of hydrogen-bond acceptors (Lipinski definition) is 9. The largest absolute Gasteiger partial charge is 0.472 e. The Morgan fingerprint density at radius 1 is 1.27 bits per heavy atom. The molecule has 0 unspecified atom stereocenters. The summed E-state index contributed by atoms with van der Waals surface area (Å²) in [6, 6.07) is 1.75. The molecule has 1 saturated heterocycles. The third-order valence-corrected chi connectivity index (χ3v) is 8.37. The van der Waals surface area contributed by atoms with Crippen molar-refractivity contribution in [2.45, 2.75) is 70.7 Å². The van der Waals surface area contributed by atoms with Gasteiger partial charge in [0.1, 0.15) is 24.4 Å². The highest BCUT2D eigenvalue weighted by Crippen LogP contribution is 2.68. The highest BCUT2D eigenvalue weighted by Gasteiger charge is 2.74. The number of esters is 3. The van der Waals surface area contributed by atoms with E-state index in [1.807, 2.05) is 6.92 Å². The van der Waals surface area contributed by atoms with E-state index < -0.39 is 53.1 Å². The summed E-state index contributed by atoms with van der Waals surface area (Å²) < 4.78 is 22.2. The Kier molecular flexibility index (Phi) is 6.07. The lowest BCUT2D eigenvalue weighted by molar-refractivity contribution is -0.279. The van der Waals surface area contributed by atoms with Crippen molar-refractivity contribution in [3.8, 4) is 0 Å². The lowest BCUT2D eigenvalue weighted by Crippen LogP contribution is -2.72. The zero-order valence-electron chi connectivity index (χ0n) is 19.2. The molecule has 1 aromatic rings. The van der Waals surface area contributed by atoms with E-state index in [1.165, 1.54) is 20.1 Å². The molecule has 0 aromatic carbocycles. The molecule has 7 atom stereocenters. The fourth-order valence-electron chi connectivity index (χ4n) is 6.87. The number of hydrogen-bond donors (Lipinski definition) is 2. The number of cyclic esters (lactones) is 1. The van der Waals surface area contributed by atoms with Crippen LogP contribution < -0.4 is 0 Å². The molecule has 0 amide bonds. The van der Waals surface area contributed by atoms with E-state index >= 15 is 0 Å². The van der Waals surface area contributed by atoms with E-state index in [4.69, 9.17) is 18.6 Å². The van der Waals surface area contributed by atoms with Crippen LogP contribution in [0.2, 0.25) is 0 Å². The maximum Gasteiger partial charge on any atom is 0.313 e. The molecule has 1 aromatic heterocycles. The first-order valence-corrected chi connectivity index (χ1v) is 11.5. The maximum atomic E-state index is 13.6. The average molecular weight is 465 g/mol. The van der Waals surface area contributed by atoms with Crippen molar-refractivity contribution in [2.24, 2.45) is 22.7 Å². The number of fused-ring (bicyclic) bond motifs is 2. The van der Waals surface area contributed by atoms with Crippen LogP contribution in [0.5, 0.6) is 0 Å². The Morgan fingerprint density at radius 2 is 2.03 bits per heavy atom. The van der Waals surface area contributed by atoms with Crippen LogP contribution in [0.4, 0.5) is 0 Å². The quantitative estimate of drug-likeness (QED) is 0.497. The standard InChI is InChI=1S/C24H32O9/c1-14-9-20(32-16(3)27)24(13-31-15(2)26)19(5-4-7-22(24,29)12-25)23(14)10-18(33-21(23)28)17-6-8-30-11-17/h6,8,11,14,18-20,25,29H,4-5,7,9-10,12-13H2,1-3H3/t14-,18-,19-,20+,22+,23-,24+/m1/s1. The molecule has 3 aliphatic rings. The topological polar surface area (TPSA) is 133 Å². The minimum atomic E-state index is -1.72. The average Bonchev–Trinajstić information content (AvgIpc) is 3.39. The van der Waals surface area contributed by atoms with Crippen molar-refractivity contribution in [3.63, 3.8) is 0 Å². The van der Waals surface area contributed by atoms with Crippen molar-refractivity contribution >= 4 is 17.9 Å². The zero-order valence-corrected chi connectivity index (χ0v) is 19.2. The van der Waals surface area contributed by atoms with Gasteiger partial charge >= 0.3 is 17.9 Å². The van der Waals surface area contributed by atoms with E-state index in [1.54, 1.807) is 12.3 Å². The summed E-state index contributed by atoms with van der Waals surface area (Å²) in [5.74, 6) is -2.29. The summed E-state index contributed by atoms with van der Waals surface area (Å²) in [7, 11) is 0. The van der Waals surface area contributed by atoms with Gasteiger partial charge in [0, 0.05) is 25.8 Å². The number of aliphatic hydroxyl groups is 2. The highest BCUT2D eigenvalue weighted by atomic mass is 16.6. The Balaban J connectivity index is 1.87. The van der Waals surface area contributed by atoms with Crippen LogP contribution in [-0.4, -0.2) is 53.0 Å². The molecule has 0 radical (unpaired) electrons. The lowest BCUT2D eigenvalue weighted by atomic mass is 9.41. The molecule has 2 aliphatic carbocycles. The predicted molar refractivity (Wildman–Crippen MR) is 112 cm³/mol. The molecule has 33 heavy (non-hydrogen) atoms. The molecule has 0 bridgehead atoms. The van der Waals surface area contributed by atoms with Crippen molar-refractivity contribution in [1.29, 1.82) is 0 Å². The maximum absolute atomic E-state index is 13.6. The summed E-state index contributed by atoms with van der Waals surface area (Å²) in [6.45, 7) is 3.57. The molecule has 2 saturated carbocycles. The van der Waals surface area contributed by atoms with Gasteiger partial charge in [-0.05, 0) is 37.2 Å².